The Kier molecular flexibility index (Phi) is 5.58. The fourth-order valence-electron chi connectivity index (χ4n) is 2.04. The summed E-state index contributed by atoms with van der Waals surface area (Å²) in [6.07, 6.45) is 2.28. The van der Waals surface area contributed by atoms with E-state index in [0.717, 1.165) is 6.42 Å². The van der Waals surface area contributed by atoms with Crippen LogP contribution in [-0.4, -0.2) is 42.0 Å². The summed E-state index contributed by atoms with van der Waals surface area (Å²) in [5, 5.41) is 9.19. The van der Waals surface area contributed by atoms with Crippen molar-refractivity contribution >= 4 is 16.0 Å². The van der Waals surface area contributed by atoms with Gasteiger partial charge in [0.05, 0.1) is 0 Å². The van der Waals surface area contributed by atoms with E-state index in [1.165, 1.54) is 28.2 Å². The van der Waals surface area contributed by atoms with Crippen molar-refractivity contribution < 1.29 is 18.3 Å². The molecule has 0 bridgehead atoms. The number of hydrogen-bond acceptors (Lipinski definition) is 3. The van der Waals surface area contributed by atoms with Gasteiger partial charge in [-0.05, 0) is 25.8 Å². The van der Waals surface area contributed by atoms with Gasteiger partial charge in [-0.15, -0.1) is 0 Å². The second kappa shape index (κ2) is 6.62. The number of nitrogens with zero attached hydrogens (tertiary/aromatic N) is 2. The smallest absolute Gasteiger partial charge is 0.352 e. The Morgan fingerprint density at radius 3 is 2.33 bits per heavy atom. The molecule has 0 spiro atoms. The Balaban J connectivity index is 3.20. The van der Waals surface area contributed by atoms with Gasteiger partial charge >= 0.3 is 5.97 Å². The molecule has 0 radical (unpaired) electrons. The Morgan fingerprint density at radius 1 is 1.38 bits per heavy atom. The molecule has 0 amide bonds. The first-order valence-electron chi connectivity index (χ1n) is 7.02. The Hall–Kier alpha value is -1.34. The van der Waals surface area contributed by atoms with E-state index in [4.69, 9.17) is 0 Å². The van der Waals surface area contributed by atoms with Crippen LogP contribution in [0.5, 0.6) is 0 Å². The number of sulfonamides is 1. The molecule has 7 heteroatoms. The number of carbonyl (C=O) groups is 1. The summed E-state index contributed by atoms with van der Waals surface area (Å²) in [4.78, 5) is 11.3. The van der Waals surface area contributed by atoms with Gasteiger partial charge < -0.3 is 9.67 Å². The molecule has 1 aromatic rings. The summed E-state index contributed by atoms with van der Waals surface area (Å²) in [6, 6.07) is 1.10. The third kappa shape index (κ3) is 3.85. The zero-order valence-electron chi connectivity index (χ0n) is 13.2. The molecule has 0 aliphatic rings. The highest BCUT2D eigenvalue weighted by Gasteiger charge is 2.26. The van der Waals surface area contributed by atoms with Gasteiger partial charge in [-0.3, -0.25) is 0 Å². The number of aromatic carboxylic acids is 1. The molecule has 1 N–H and O–H groups in total. The van der Waals surface area contributed by atoms with E-state index in [1.54, 1.807) is 0 Å². The predicted molar refractivity (Wildman–Crippen MR) is 81.0 cm³/mol. The van der Waals surface area contributed by atoms with Gasteiger partial charge in [-0.1, -0.05) is 20.3 Å². The highest BCUT2D eigenvalue weighted by Crippen LogP contribution is 2.22. The van der Waals surface area contributed by atoms with Crippen LogP contribution in [0, 0.1) is 5.92 Å². The largest absolute Gasteiger partial charge is 0.477 e. The standard InChI is InChI=1S/C14H24N2O4S/c1-6-11(4)8-15(5)21(19,20)12-7-13(14(17)18)16(9-12)10(2)3/h7,9-11H,6,8H2,1-5H3,(H,17,18). The molecule has 0 fully saturated rings. The highest BCUT2D eigenvalue weighted by molar-refractivity contribution is 7.89. The topological polar surface area (TPSA) is 79.6 Å². The number of carboxylic acids is 1. The van der Waals surface area contributed by atoms with Crippen molar-refractivity contribution in [2.45, 2.75) is 45.1 Å². The zero-order valence-corrected chi connectivity index (χ0v) is 14.0. The summed E-state index contributed by atoms with van der Waals surface area (Å²) in [5.74, 6) is -0.884. The first-order valence-corrected chi connectivity index (χ1v) is 8.46. The van der Waals surface area contributed by atoms with E-state index < -0.39 is 16.0 Å². The molecule has 1 atom stereocenters. The minimum Gasteiger partial charge on any atom is -0.477 e. The lowest BCUT2D eigenvalue weighted by molar-refractivity contribution is 0.0683. The fourth-order valence-corrected chi connectivity index (χ4v) is 3.36. The van der Waals surface area contributed by atoms with Crippen molar-refractivity contribution in [3.63, 3.8) is 0 Å². The third-order valence-electron chi connectivity index (χ3n) is 3.57. The first kappa shape index (κ1) is 17.7. The number of hydrogen-bond donors (Lipinski definition) is 1. The molecule has 120 valence electrons. The summed E-state index contributed by atoms with van der Waals surface area (Å²) < 4.78 is 27.8. The van der Waals surface area contributed by atoms with Gasteiger partial charge in [0, 0.05) is 25.8 Å². The van der Waals surface area contributed by atoms with Crippen LogP contribution in [0.25, 0.3) is 0 Å². The van der Waals surface area contributed by atoms with Gasteiger partial charge in [0.15, 0.2) is 0 Å². The lowest BCUT2D eigenvalue weighted by Crippen LogP contribution is -2.30. The van der Waals surface area contributed by atoms with E-state index in [2.05, 4.69) is 0 Å². The van der Waals surface area contributed by atoms with Crippen molar-refractivity contribution in [1.82, 2.24) is 8.87 Å². The molecule has 0 aromatic carbocycles. The lowest BCUT2D eigenvalue weighted by Gasteiger charge is -2.19. The molecule has 1 unspecified atom stereocenters. The summed E-state index contributed by atoms with van der Waals surface area (Å²) in [5.41, 5.74) is -0.0134. The maximum Gasteiger partial charge on any atom is 0.352 e. The lowest BCUT2D eigenvalue weighted by atomic mass is 10.1. The van der Waals surface area contributed by atoms with E-state index in [9.17, 15) is 18.3 Å². The Labute approximate surface area is 126 Å². The Morgan fingerprint density at radius 2 is 1.95 bits per heavy atom. The van der Waals surface area contributed by atoms with Crippen LogP contribution in [0.2, 0.25) is 0 Å². The second-order valence-corrected chi connectivity index (χ2v) is 7.71. The van der Waals surface area contributed by atoms with Crippen LogP contribution in [0.3, 0.4) is 0 Å². The van der Waals surface area contributed by atoms with Crippen LogP contribution in [0.15, 0.2) is 17.2 Å². The molecule has 0 aliphatic heterocycles. The van der Waals surface area contributed by atoms with Crippen molar-refractivity contribution in [2.75, 3.05) is 13.6 Å². The first-order chi connectivity index (χ1) is 9.61. The normalized spacial score (nSPS) is 13.9. The van der Waals surface area contributed by atoms with Crippen LogP contribution in [0.4, 0.5) is 0 Å². The van der Waals surface area contributed by atoms with Crippen LogP contribution in [0.1, 0.15) is 50.6 Å². The van der Waals surface area contributed by atoms with Gasteiger partial charge in [0.25, 0.3) is 0 Å². The molecular weight excluding hydrogens is 292 g/mol. The number of aromatic nitrogens is 1. The average Bonchev–Trinajstić information content (AvgIpc) is 2.84. The third-order valence-corrected chi connectivity index (χ3v) is 5.36. The molecule has 0 aliphatic carbocycles. The van der Waals surface area contributed by atoms with E-state index >= 15 is 0 Å². The van der Waals surface area contributed by atoms with Gasteiger partial charge in [-0.2, -0.15) is 0 Å². The SMILES string of the molecule is CCC(C)CN(C)S(=O)(=O)c1cc(C(=O)O)n(C(C)C)c1. The second-order valence-electron chi connectivity index (χ2n) is 5.67. The number of rotatable bonds is 7. The summed E-state index contributed by atoms with van der Waals surface area (Å²) >= 11 is 0. The predicted octanol–water partition coefficient (Wildman–Crippen LogP) is 2.43. The van der Waals surface area contributed by atoms with Crippen LogP contribution < -0.4 is 0 Å². The average molecular weight is 316 g/mol. The van der Waals surface area contributed by atoms with Crippen molar-refractivity contribution in [3.05, 3.63) is 18.0 Å². The molecular formula is C14H24N2O4S. The van der Waals surface area contributed by atoms with Crippen molar-refractivity contribution in [1.29, 1.82) is 0 Å². The minimum absolute atomic E-state index is 0.0134. The molecule has 6 nitrogen and oxygen atoms in total. The van der Waals surface area contributed by atoms with Crippen LogP contribution >= 0.6 is 0 Å². The van der Waals surface area contributed by atoms with E-state index in [0.29, 0.717) is 6.54 Å². The monoisotopic (exact) mass is 316 g/mol. The maximum atomic E-state index is 12.5. The van der Waals surface area contributed by atoms with Gasteiger partial charge in [-0.25, -0.2) is 17.5 Å². The van der Waals surface area contributed by atoms with Crippen LogP contribution in [-0.2, 0) is 10.0 Å². The number of carboxylic acid groups (broad SMARTS) is 1. The molecule has 21 heavy (non-hydrogen) atoms. The summed E-state index contributed by atoms with van der Waals surface area (Å²) in [7, 11) is -2.14. The minimum atomic E-state index is -3.66. The molecule has 1 heterocycles. The maximum absolute atomic E-state index is 12.5. The highest BCUT2D eigenvalue weighted by atomic mass is 32.2. The fraction of sp³-hybridized carbons (Fsp3) is 0.643. The summed E-state index contributed by atoms with van der Waals surface area (Å²) in [6.45, 7) is 8.02. The molecule has 0 saturated carbocycles. The van der Waals surface area contributed by atoms with Gasteiger partial charge in [0.1, 0.15) is 10.6 Å². The zero-order chi connectivity index (χ0) is 16.4. The Bertz CT molecular complexity index is 604. The molecule has 1 rings (SSSR count). The van der Waals surface area contributed by atoms with Gasteiger partial charge in [0.2, 0.25) is 10.0 Å². The molecule has 0 saturated heterocycles. The van der Waals surface area contributed by atoms with Crippen molar-refractivity contribution in [2.24, 2.45) is 5.92 Å². The van der Waals surface area contributed by atoms with E-state index in [-0.39, 0.29) is 22.5 Å². The van der Waals surface area contributed by atoms with E-state index in [1.807, 2.05) is 27.7 Å². The molecule has 1 aromatic heterocycles. The van der Waals surface area contributed by atoms with Crippen molar-refractivity contribution in [3.8, 4) is 0 Å². The quantitative estimate of drug-likeness (QED) is 0.838.